The fraction of sp³-hybridized carbons (Fsp3) is 0.667. The molecule has 0 spiro atoms. The van der Waals surface area contributed by atoms with Crippen molar-refractivity contribution in [1.82, 2.24) is 0 Å². The van der Waals surface area contributed by atoms with Gasteiger partial charge in [0.15, 0.2) is 0 Å². The molecule has 2 aliphatic carbocycles. The quantitative estimate of drug-likeness (QED) is 0.689. The summed E-state index contributed by atoms with van der Waals surface area (Å²) in [6, 6.07) is 8.17. The van der Waals surface area contributed by atoms with E-state index in [1.807, 2.05) is 12.1 Å². The van der Waals surface area contributed by atoms with Crippen LogP contribution in [0.25, 0.3) is 0 Å². The Hall–Kier alpha value is -0.780. The summed E-state index contributed by atoms with van der Waals surface area (Å²) in [4.78, 5) is 0. The SMILES string of the molecule is [2H]C1([2H])c2ccccc2CC1(CC)CC1(C)CCCC1. The summed E-state index contributed by atoms with van der Waals surface area (Å²) in [5.41, 5.74) is 2.34. The first-order chi connectivity index (χ1) is 9.43. The average molecular weight is 244 g/mol. The van der Waals surface area contributed by atoms with Gasteiger partial charge in [-0.15, -0.1) is 0 Å². The van der Waals surface area contributed by atoms with Crippen molar-refractivity contribution in [3.05, 3.63) is 35.4 Å². The number of rotatable bonds is 3. The molecule has 2 aliphatic rings. The number of fused-ring (bicyclic) bond motifs is 1. The smallest absolute Gasteiger partial charge is 0.0322 e. The summed E-state index contributed by atoms with van der Waals surface area (Å²) >= 11 is 0. The van der Waals surface area contributed by atoms with Gasteiger partial charge >= 0.3 is 0 Å². The standard InChI is InChI=1S/C18H26/c1-3-18(14-17(2)10-6-7-11-17)12-15-8-4-5-9-16(15)13-18/h4-5,8-9H,3,6-7,10-14H2,1-2H3/i12D2. The molecule has 0 aromatic heterocycles. The number of benzene rings is 1. The van der Waals surface area contributed by atoms with Gasteiger partial charge in [0.25, 0.3) is 0 Å². The Kier molecular flexibility index (Phi) is 2.46. The van der Waals surface area contributed by atoms with Crippen molar-refractivity contribution in [2.45, 2.75) is 65.2 Å². The summed E-state index contributed by atoms with van der Waals surface area (Å²) in [7, 11) is 0. The molecule has 0 N–H and O–H groups in total. The lowest BCUT2D eigenvalue weighted by Gasteiger charge is -2.37. The van der Waals surface area contributed by atoms with Crippen LogP contribution in [-0.2, 0) is 12.8 Å². The Morgan fingerprint density at radius 3 is 2.44 bits per heavy atom. The molecule has 1 saturated carbocycles. The number of hydrogen-bond acceptors (Lipinski definition) is 0. The molecule has 0 saturated heterocycles. The molecule has 0 amide bonds. The van der Waals surface area contributed by atoms with Crippen LogP contribution in [0.1, 0.15) is 66.2 Å². The highest BCUT2D eigenvalue weighted by atomic mass is 14.5. The fourth-order valence-electron chi connectivity index (χ4n) is 4.16. The molecule has 0 nitrogen and oxygen atoms in total. The summed E-state index contributed by atoms with van der Waals surface area (Å²) < 4.78 is 17.6. The monoisotopic (exact) mass is 244 g/mol. The van der Waals surface area contributed by atoms with Crippen LogP contribution in [0.2, 0.25) is 0 Å². The van der Waals surface area contributed by atoms with Crippen LogP contribution < -0.4 is 0 Å². The molecule has 3 rings (SSSR count). The van der Waals surface area contributed by atoms with Gasteiger partial charge in [-0.2, -0.15) is 0 Å². The molecule has 1 aromatic rings. The van der Waals surface area contributed by atoms with Gasteiger partial charge < -0.3 is 0 Å². The lowest BCUT2D eigenvalue weighted by atomic mass is 9.68. The Bertz CT molecular complexity index is 500. The van der Waals surface area contributed by atoms with Gasteiger partial charge in [-0.05, 0) is 60.4 Å². The fourth-order valence-corrected chi connectivity index (χ4v) is 4.16. The van der Waals surface area contributed by atoms with Gasteiger partial charge in [-0.25, -0.2) is 0 Å². The van der Waals surface area contributed by atoms with E-state index in [1.54, 1.807) is 0 Å². The van der Waals surface area contributed by atoms with Crippen molar-refractivity contribution >= 4 is 0 Å². The van der Waals surface area contributed by atoms with Gasteiger partial charge in [-0.1, -0.05) is 51.0 Å². The molecule has 0 heterocycles. The molecule has 1 aromatic carbocycles. The summed E-state index contributed by atoms with van der Waals surface area (Å²) in [6.45, 7) is 4.57. The van der Waals surface area contributed by atoms with E-state index in [4.69, 9.17) is 2.74 Å². The minimum atomic E-state index is -1.18. The molecule has 1 fully saturated rings. The summed E-state index contributed by atoms with van der Waals surface area (Å²) in [6.07, 6.45) is 6.93. The topological polar surface area (TPSA) is 0 Å². The Balaban J connectivity index is 1.98. The molecule has 0 radical (unpaired) electrons. The molecular formula is C18H26. The van der Waals surface area contributed by atoms with E-state index in [1.165, 1.54) is 31.2 Å². The Labute approximate surface area is 115 Å². The Morgan fingerprint density at radius 2 is 1.83 bits per heavy atom. The van der Waals surface area contributed by atoms with Crippen molar-refractivity contribution in [2.24, 2.45) is 10.8 Å². The lowest BCUT2D eigenvalue weighted by molar-refractivity contribution is 0.148. The Morgan fingerprint density at radius 1 is 1.17 bits per heavy atom. The van der Waals surface area contributed by atoms with Crippen LogP contribution in [0.4, 0.5) is 0 Å². The molecular weight excluding hydrogens is 216 g/mol. The molecule has 98 valence electrons. The van der Waals surface area contributed by atoms with Crippen LogP contribution in [0.5, 0.6) is 0 Å². The molecule has 0 aliphatic heterocycles. The number of hydrogen-bond donors (Lipinski definition) is 0. The van der Waals surface area contributed by atoms with E-state index in [2.05, 4.69) is 26.0 Å². The second kappa shape index (κ2) is 4.40. The first-order valence-corrected chi connectivity index (χ1v) is 7.51. The maximum absolute atomic E-state index is 8.79. The van der Waals surface area contributed by atoms with Crippen molar-refractivity contribution < 1.29 is 2.74 Å². The zero-order valence-electron chi connectivity index (χ0n) is 13.8. The van der Waals surface area contributed by atoms with E-state index < -0.39 is 6.37 Å². The first-order valence-electron chi connectivity index (χ1n) is 8.51. The maximum atomic E-state index is 8.79. The van der Waals surface area contributed by atoms with Gasteiger partial charge in [-0.3, -0.25) is 0 Å². The zero-order valence-corrected chi connectivity index (χ0v) is 11.8. The molecule has 0 bridgehead atoms. The van der Waals surface area contributed by atoms with Crippen molar-refractivity contribution in [3.8, 4) is 0 Å². The van der Waals surface area contributed by atoms with Crippen molar-refractivity contribution in [1.29, 1.82) is 0 Å². The van der Waals surface area contributed by atoms with E-state index in [-0.39, 0.29) is 5.41 Å². The largest absolute Gasteiger partial charge is 0.0648 e. The lowest BCUT2D eigenvalue weighted by Crippen LogP contribution is -2.28. The van der Waals surface area contributed by atoms with Gasteiger partial charge in [0.05, 0.1) is 0 Å². The van der Waals surface area contributed by atoms with E-state index in [9.17, 15) is 0 Å². The van der Waals surface area contributed by atoms with E-state index in [0.717, 1.165) is 24.8 Å². The van der Waals surface area contributed by atoms with Gasteiger partial charge in [0.1, 0.15) is 0 Å². The van der Waals surface area contributed by atoms with Crippen molar-refractivity contribution in [2.75, 3.05) is 0 Å². The molecule has 0 heteroatoms. The zero-order chi connectivity index (χ0) is 14.4. The highest BCUT2D eigenvalue weighted by Gasteiger charge is 2.42. The normalized spacial score (nSPS) is 33.9. The molecule has 1 unspecified atom stereocenters. The minimum absolute atomic E-state index is 0.199. The summed E-state index contributed by atoms with van der Waals surface area (Å²) in [5.74, 6) is 0. The third kappa shape index (κ3) is 2.11. The predicted molar refractivity (Wildman–Crippen MR) is 77.8 cm³/mol. The van der Waals surface area contributed by atoms with Crippen LogP contribution in [0, 0.1) is 10.8 Å². The van der Waals surface area contributed by atoms with Gasteiger partial charge in [0.2, 0.25) is 0 Å². The highest BCUT2D eigenvalue weighted by molar-refractivity contribution is 5.34. The predicted octanol–water partition coefficient (Wildman–Crippen LogP) is 5.15. The summed E-state index contributed by atoms with van der Waals surface area (Å²) in [5, 5.41) is 0. The molecule has 1 atom stereocenters. The highest BCUT2D eigenvalue weighted by Crippen LogP contribution is 2.52. The van der Waals surface area contributed by atoms with Crippen LogP contribution >= 0.6 is 0 Å². The van der Waals surface area contributed by atoms with E-state index >= 15 is 0 Å². The van der Waals surface area contributed by atoms with E-state index in [0.29, 0.717) is 5.41 Å². The molecule has 18 heavy (non-hydrogen) atoms. The van der Waals surface area contributed by atoms with Crippen LogP contribution in [-0.4, -0.2) is 0 Å². The maximum Gasteiger partial charge on any atom is 0.0322 e. The van der Waals surface area contributed by atoms with Crippen LogP contribution in [0.3, 0.4) is 0 Å². The van der Waals surface area contributed by atoms with Gasteiger partial charge in [0, 0.05) is 2.74 Å². The second-order valence-corrected chi connectivity index (χ2v) is 6.79. The minimum Gasteiger partial charge on any atom is -0.0648 e. The van der Waals surface area contributed by atoms with Crippen molar-refractivity contribution in [3.63, 3.8) is 0 Å². The van der Waals surface area contributed by atoms with Crippen LogP contribution in [0.15, 0.2) is 24.3 Å². The third-order valence-electron chi connectivity index (χ3n) is 5.20. The average Bonchev–Trinajstić information content (AvgIpc) is 2.92. The third-order valence-corrected chi connectivity index (χ3v) is 5.20. The second-order valence-electron chi connectivity index (χ2n) is 6.79. The first kappa shape index (κ1) is 10.1.